The fourth-order valence-electron chi connectivity index (χ4n) is 4.30. The van der Waals surface area contributed by atoms with Crippen molar-refractivity contribution in [3.05, 3.63) is 110 Å². The number of hydrogen-bond donors (Lipinski definition) is 1. The van der Waals surface area contributed by atoms with Crippen LogP contribution in [0.2, 0.25) is 0 Å². The number of nitrogens with one attached hydrogen (secondary N) is 1. The van der Waals surface area contributed by atoms with Crippen molar-refractivity contribution in [2.45, 2.75) is 27.2 Å². The maximum absolute atomic E-state index is 12.7. The predicted molar refractivity (Wildman–Crippen MR) is 146 cm³/mol. The number of carbonyl (C=O) groups excluding carboxylic acids is 1. The summed E-state index contributed by atoms with van der Waals surface area (Å²) in [6.45, 7) is 6.44. The molecule has 0 radical (unpaired) electrons. The molecule has 0 aliphatic heterocycles. The average molecular weight is 495 g/mol. The lowest BCUT2D eigenvalue weighted by Gasteiger charge is -2.08. The van der Waals surface area contributed by atoms with Crippen molar-refractivity contribution >= 4 is 28.2 Å². The third-order valence-electron chi connectivity index (χ3n) is 6.16. The van der Waals surface area contributed by atoms with Gasteiger partial charge in [0, 0.05) is 34.7 Å². The van der Waals surface area contributed by atoms with Crippen LogP contribution in [0.3, 0.4) is 0 Å². The minimum atomic E-state index is -0.137. The summed E-state index contributed by atoms with van der Waals surface area (Å²) in [7, 11) is 0. The Morgan fingerprint density at radius 2 is 1.67 bits per heavy atom. The molecule has 0 bridgehead atoms. The molecule has 2 heterocycles. The molecule has 36 heavy (non-hydrogen) atoms. The minimum absolute atomic E-state index is 0.0744. The maximum atomic E-state index is 12.7. The Bertz CT molecular complexity index is 1610. The topological polar surface area (TPSA) is 72.2 Å². The lowest BCUT2D eigenvalue weighted by Crippen LogP contribution is -2.25. The van der Waals surface area contributed by atoms with Crippen molar-refractivity contribution in [1.29, 1.82) is 0 Å². The fraction of sp³-hybridized carbons (Fsp3) is 0.167. The van der Waals surface area contributed by atoms with Crippen LogP contribution in [0.15, 0.2) is 81.3 Å². The molecule has 6 heteroatoms. The Balaban J connectivity index is 1.22. The van der Waals surface area contributed by atoms with E-state index in [-0.39, 0.29) is 11.3 Å². The summed E-state index contributed by atoms with van der Waals surface area (Å²) in [5, 5.41) is 6.68. The molecule has 0 aliphatic carbocycles. The van der Waals surface area contributed by atoms with Gasteiger partial charge < -0.3 is 9.73 Å². The lowest BCUT2D eigenvalue weighted by molar-refractivity contribution is 0.0954. The summed E-state index contributed by atoms with van der Waals surface area (Å²) in [6, 6.07) is 20.8. The van der Waals surface area contributed by atoms with Gasteiger partial charge in [-0.05, 0) is 62.1 Å². The van der Waals surface area contributed by atoms with Gasteiger partial charge in [-0.3, -0.25) is 9.59 Å². The van der Waals surface area contributed by atoms with E-state index in [1.54, 1.807) is 23.5 Å². The largest absolute Gasteiger partial charge is 0.456 e. The standard InChI is InChI=1S/C30H26N2O3S/c1-18-14-19(2)29-25(15-18)27(33)16-28(35-29)23-8-10-24(11-9-23)30(34)31-13-12-21-4-6-22(7-5-21)26-17-36-20(3)32-26/h4-11,14-17H,12-13H2,1-3H3,(H,31,34). The van der Waals surface area contributed by atoms with Crippen LogP contribution < -0.4 is 10.7 Å². The number of aromatic nitrogens is 1. The van der Waals surface area contributed by atoms with Crippen molar-refractivity contribution in [1.82, 2.24) is 10.3 Å². The Kier molecular flexibility index (Phi) is 6.53. The third kappa shape index (κ3) is 4.99. The van der Waals surface area contributed by atoms with Crippen molar-refractivity contribution in [2.24, 2.45) is 0 Å². The Labute approximate surface area is 213 Å². The van der Waals surface area contributed by atoms with Crippen LogP contribution in [0.1, 0.15) is 32.1 Å². The minimum Gasteiger partial charge on any atom is -0.456 e. The zero-order valence-corrected chi connectivity index (χ0v) is 21.2. The highest BCUT2D eigenvalue weighted by atomic mass is 32.1. The van der Waals surface area contributed by atoms with Crippen molar-refractivity contribution in [3.63, 3.8) is 0 Å². The van der Waals surface area contributed by atoms with Crippen molar-refractivity contribution in [2.75, 3.05) is 6.54 Å². The van der Waals surface area contributed by atoms with Gasteiger partial charge in [-0.15, -0.1) is 11.3 Å². The zero-order valence-electron chi connectivity index (χ0n) is 20.4. The number of benzene rings is 3. The van der Waals surface area contributed by atoms with Gasteiger partial charge in [-0.1, -0.05) is 42.5 Å². The Hall–Kier alpha value is -4.03. The number of rotatable bonds is 6. The predicted octanol–water partition coefficient (Wildman–Crippen LogP) is 6.48. The van der Waals surface area contributed by atoms with E-state index in [0.29, 0.717) is 28.8 Å². The van der Waals surface area contributed by atoms with E-state index in [2.05, 4.69) is 39.9 Å². The van der Waals surface area contributed by atoms with Crippen LogP contribution >= 0.6 is 11.3 Å². The molecule has 0 saturated carbocycles. The number of thiazole rings is 1. The monoisotopic (exact) mass is 494 g/mol. The molecule has 180 valence electrons. The number of fused-ring (bicyclic) bond motifs is 1. The van der Waals surface area contributed by atoms with E-state index < -0.39 is 0 Å². The number of hydrogen-bond acceptors (Lipinski definition) is 5. The van der Waals surface area contributed by atoms with Crippen LogP contribution in [-0.4, -0.2) is 17.4 Å². The quantitative estimate of drug-likeness (QED) is 0.293. The second-order valence-corrected chi connectivity index (χ2v) is 10.0. The van der Waals surface area contributed by atoms with Crippen molar-refractivity contribution in [3.8, 4) is 22.6 Å². The first-order valence-electron chi connectivity index (χ1n) is 11.8. The van der Waals surface area contributed by atoms with E-state index in [1.165, 1.54) is 6.07 Å². The van der Waals surface area contributed by atoms with Gasteiger partial charge in [0.15, 0.2) is 5.43 Å². The van der Waals surface area contributed by atoms with Crippen LogP contribution in [0.5, 0.6) is 0 Å². The third-order valence-corrected chi connectivity index (χ3v) is 6.93. The Morgan fingerprint density at radius 1 is 0.944 bits per heavy atom. The molecular weight excluding hydrogens is 468 g/mol. The summed E-state index contributed by atoms with van der Waals surface area (Å²) < 4.78 is 6.06. The van der Waals surface area contributed by atoms with Crippen LogP contribution in [0.4, 0.5) is 0 Å². The smallest absolute Gasteiger partial charge is 0.251 e. The van der Waals surface area contributed by atoms with Gasteiger partial charge in [0.1, 0.15) is 11.3 Å². The molecular formula is C30H26N2O3S. The average Bonchev–Trinajstić information content (AvgIpc) is 3.31. The molecule has 1 N–H and O–H groups in total. The number of amides is 1. The summed E-state index contributed by atoms with van der Waals surface area (Å²) in [4.78, 5) is 29.8. The second kappa shape index (κ2) is 9.91. The molecule has 0 spiro atoms. The fourth-order valence-corrected chi connectivity index (χ4v) is 4.92. The van der Waals surface area contributed by atoms with E-state index in [9.17, 15) is 9.59 Å². The van der Waals surface area contributed by atoms with Gasteiger partial charge in [0.2, 0.25) is 0 Å². The molecule has 0 atom stereocenters. The molecule has 5 aromatic rings. The summed E-state index contributed by atoms with van der Waals surface area (Å²) in [6.07, 6.45) is 0.737. The number of nitrogens with zero attached hydrogens (tertiary/aromatic N) is 1. The van der Waals surface area contributed by atoms with Gasteiger partial charge >= 0.3 is 0 Å². The van der Waals surface area contributed by atoms with Gasteiger partial charge in [0.05, 0.1) is 16.1 Å². The lowest BCUT2D eigenvalue weighted by atomic mass is 10.1. The van der Waals surface area contributed by atoms with Crippen LogP contribution in [0.25, 0.3) is 33.6 Å². The van der Waals surface area contributed by atoms with Crippen LogP contribution in [-0.2, 0) is 6.42 Å². The molecule has 5 nitrogen and oxygen atoms in total. The maximum Gasteiger partial charge on any atom is 0.251 e. The van der Waals surface area contributed by atoms with Crippen molar-refractivity contribution < 1.29 is 9.21 Å². The van der Waals surface area contributed by atoms with Gasteiger partial charge in [-0.25, -0.2) is 4.98 Å². The van der Waals surface area contributed by atoms with E-state index in [4.69, 9.17) is 4.42 Å². The van der Waals surface area contributed by atoms with Gasteiger partial charge in [-0.2, -0.15) is 0 Å². The Morgan fingerprint density at radius 3 is 2.36 bits per heavy atom. The number of carbonyl (C=O) groups is 1. The molecule has 3 aromatic carbocycles. The first-order chi connectivity index (χ1) is 17.4. The summed E-state index contributed by atoms with van der Waals surface area (Å²) in [5.41, 5.74) is 7.02. The molecule has 0 aliphatic rings. The zero-order chi connectivity index (χ0) is 25.2. The molecule has 5 rings (SSSR count). The summed E-state index contributed by atoms with van der Waals surface area (Å²) in [5.74, 6) is 0.352. The molecule has 0 unspecified atom stereocenters. The van der Waals surface area contributed by atoms with E-state index >= 15 is 0 Å². The second-order valence-electron chi connectivity index (χ2n) is 8.97. The van der Waals surface area contributed by atoms with Gasteiger partial charge in [0.25, 0.3) is 5.91 Å². The highest BCUT2D eigenvalue weighted by Crippen LogP contribution is 2.26. The van der Waals surface area contributed by atoms with E-state index in [0.717, 1.165) is 44.9 Å². The molecule has 1 amide bonds. The SMILES string of the molecule is Cc1cc(C)c2oc(-c3ccc(C(=O)NCCc4ccc(-c5csc(C)n5)cc4)cc3)cc(=O)c2c1. The van der Waals surface area contributed by atoms with E-state index in [1.807, 2.05) is 45.0 Å². The highest BCUT2D eigenvalue weighted by Gasteiger charge is 2.11. The molecule has 0 fully saturated rings. The first-order valence-corrected chi connectivity index (χ1v) is 12.7. The highest BCUT2D eigenvalue weighted by molar-refractivity contribution is 7.09. The number of aryl methyl sites for hydroxylation is 3. The molecule has 2 aromatic heterocycles. The molecule has 0 saturated heterocycles. The van der Waals surface area contributed by atoms with Crippen LogP contribution in [0, 0.1) is 20.8 Å². The first kappa shape index (κ1) is 23.7. The normalized spacial score (nSPS) is 11.1. The summed E-state index contributed by atoms with van der Waals surface area (Å²) >= 11 is 1.64.